The first-order valence-corrected chi connectivity index (χ1v) is 14.0. The molecule has 8 nitrogen and oxygen atoms in total. The van der Waals surface area contributed by atoms with E-state index in [1.807, 2.05) is 25.1 Å². The molecule has 0 aliphatic carbocycles. The predicted octanol–water partition coefficient (Wildman–Crippen LogP) is 5.34. The fraction of sp³-hybridized carbons (Fsp3) is 0.312. The molecule has 0 atom stereocenters. The summed E-state index contributed by atoms with van der Waals surface area (Å²) in [6, 6.07) is 14.1. The number of pyridine rings is 1. The smallest absolute Gasteiger partial charge is 0.416 e. The van der Waals surface area contributed by atoms with Crippen molar-refractivity contribution in [2.75, 3.05) is 51.7 Å². The van der Waals surface area contributed by atoms with Crippen molar-refractivity contribution in [3.63, 3.8) is 0 Å². The lowest BCUT2D eigenvalue weighted by Gasteiger charge is -2.32. The molecule has 2 aromatic heterocycles. The second kappa shape index (κ2) is 13.3. The minimum absolute atomic E-state index is 0.00678. The largest absolute Gasteiger partial charge is 0.492 e. The summed E-state index contributed by atoms with van der Waals surface area (Å²) in [4.78, 5) is 30.6. The number of halogens is 3. The summed E-state index contributed by atoms with van der Waals surface area (Å²) in [6.45, 7) is 6.41. The van der Waals surface area contributed by atoms with Crippen LogP contribution in [0.2, 0.25) is 0 Å². The molecule has 1 fully saturated rings. The number of carbonyl (C=O) groups excluding carboxylic acids is 1. The highest BCUT2D eigenvalue weighted by Gasteiger charge is 2.32. The number of carbonyl (C=O) groups is 1. The molecule has 0 saturated carbocycles. The summed E-state index contributed by atoms with van der Waals surface area (Å²) in [6.07, 6.45) is 0.664. The second-order valence-corrected chi connectivity index (χ2v) is 10.6. The van der Waals surface area contributed by atoms with Gasteiger partial charge in [-0.05, 0) is 67.6 Å². The number of likely N-dealkylation sites (N-methyl/N-ethyl adjacent to an activating group) is 1. The Balaban J connectivity index is 1.32. The zero-order chi connectivity index (χ0) is 30.4. The summed E-state index contributed by atoms with van der Waals surface area (Å²) in [7, 11) is 2.06. The van der Waals surface area contributed by atoms with E-state index in [2.05, 4.69) is 37.1 Å². The maximum Gasteiger partial charge on any atom is 0.416 e. The van der Waals surface area contributed by atoms with Crippen LogP contribution in [0.15, 0.2) is 73.3 Å². The molecular formula is C32H33F3N6O2. The predicted molar refractivity (Wildman–Crippen MR) is 158 cm³/mol. The first kappa shape index (κ1) is 30.1. The van der Waals surface area contributed by atoms with E-state index < -0.39 is 17.6 Å². The summed E-state index contributed by atoms with van der Waals surface area (Å²) in [5.74, 6) is -0.475. The number of nitrogens with one attached hydrogen (secondary N) is 1. The first-order chi connectivity index (χ1) is 20.7. The van der Waals surface area contributed by atoms with Gasteiger partial charge in [-0.3, -0.25) is 14.7 Å². The minimum atomic E-state index is -4.60. The summed E-state index contributed by atoms with van der Waals surface area (Å²) in [5, 5.41) is 2.64. The van der Waals surface area contributed by atoms with Gasteiger partial charge < -0.3 is 15.0 Å². The van der Waals surface area contributed by atoms with Crippen molar-refractivity contribution in [2.24, 2.45) is 0 Å². The Morgan fingerprint density at radius 3 is 2.56 bits per heavy atom. The van der Waals surface area contributed by atoms with Gasteiger partial charge in [0.05, 0.1) is 17.0 Å². The van der Waals surface area contributed by atoms with E-state index in [1.54, 1.807) is 30.6 Å². The van der Waals surface area contributed by atoms with Crippen LogP contribution in [0.5, 0.6) is 5.75 Å². The quantitative estimate of drug-likeness (QED) is 0.282. The maximum atomic E-state index is 13.7. The van der Waals surface area contributed by atoms with Crippen LogP contribution in [0.4, 0.5) is 18.9 Å². The van der Waals surface area contributed by atoms with Crippen molar-refractivity contribution in [2.45, 2.75) is 19.5 Å². The number of anilines is 1. The lowest BCUT2D eigenvalue weighted by Crippen LogP contribution is -2.45. The van der Waals surface area contributed by atoms with Crippen molar-refractivity contribution in [1.29, 1.82) is 0 Å². The molecule has 0 bridgehead atoms. The highest BCUT2D eigenvalue weighted by molar-refractivity contribution is 6.04. The normalized spacial score (nSPS) is 14.4. The zero-order valence-electron chi connectivity index (χ0n) is 24.1. The number of hydrogen-bond donors (Lipinski definition) is 1. The van der Waals surface area contributed by atoms with Crippen molar-refractivity contribution in [1.82, 2.24) is 24.8 Å². The molecule has 0 spiro atoms. The van der Waals surface area contributed by atoms with E-state index in [0.717, 1.165) is 66.4 Å². The van der Waals surface area contributed by atoms with E-state index in [-0.39, 0.29) is 18.0 Å². The highest BCUT2D eigenvalue weighted by atomic mass is 19.4. The van der Waals surface area contributed by atoms with Gasteiger partial charge in [-0.1, -0.05) is 6.07 Å². The van der Waals surface area contributed by atoms with Crippen LogP contribution in [0.25, 0.3) is 11.3 Å². The summed E-state index contributed by atoms with van der Waals surface area (Å²) >= 11 is 0. The van der Waals surface area contributed by atoms with E-state index in [1.165, 1.54) is 12.4 Å². The standard InChI is InChI=1S/C32H33F3N6O2/c1-22-5-6-23(16-24(22)17-30-28(4-3-8-37-30)29-7-9-36-21-38-29)31(42)39-26-18-25(32(33,34)35)19-27(20-26)43-15-14-41-12-10-40(2)11-13-41/h3-9,16,18-21H,10-15,17H2,1-2H3,(H,39,42). The molecule has 3 heterocycles. The molecular weight excluding hydrogens is 557 g/mol. The Kier molecular flexibility index (Phi) is 9.32. The van der Waals surface area contributed by atoms with E-state index >= 15 is 0 Å². The molecule has 1 aliphatic rings. The number of hydrogen-bond acceptors (Lipinski definition) is 7. The number of nitrogens with zero attached hydrogens (tertiary/aromatic N) is 5. The topological polar surface area (TPSA) is 83.5 Å². The van der Waals surface area contributed by atoms with Crippen LogP contribution in [0.3, 0.4) is 0 Å². The fourth-order valence-electron chi connectivity index (χ4n) is 4.93. The van der Waals surface area contributed by atoms with Gasteiger partial charge >= 0.3 is 6.18 Å². The van der Waals surface area contributed by atoms with Gasteiger partial charge in [-0.15, -0.1) is 0 Å². The highest BCUT2D eigenvalue weighted by Crippen LogP contribution is 2.34. The van der Waals surface area contributed by atoms with Gasteiger partial charge in [0.25, 0.3) is 5.91 Å². The minimum Gasteiger partial charge on any atom is -0.492 e. The van der Waals surface area contributed by atoms with Gasteiger partial charge in [-0.25, -0.2) is 9.97 Å². The lowest BCUT2D eigenvalue weighted by atomic mass is 9.97. The number of ether oxygens (including phenoxy) is 1. The molecule has 11 heteroatoms. The van der Waals surface area contributed by atoms with Crippen LogP contribution < -0.4 is 10.1 Å². The number of alkyl halides is 3. The molecule has 43 heavy (non-hydrogen) atoms. The van der Waals surface area contributed by atoms with Crippen LogP contribution in [0, 0.1) is 6.92 Å². The van der Waals surface area contributed by atoms with Crippen molar-refractivity contribution < 1.29 is 22.7 Å². The average molecular weight is 591 g/mol. The Morgan fingerprint density at radius 2 is 1.81 bits per heavy atom. The number of piperazine rings is 1. The Morgan fingerprint density at radius 1 is 1.00 bits per heavy atom. The monoisotopic (exact) mass is 590 g/mol. The number of amides is 1. The van der Waals surface area contributed by atoms with Crippen LogP contribution in [0.1, 0.15) is 32.7 Å². The number of aromatic nitrogens is 3. The van der Waals surface area contributed by atoms with Crippen molar-refractivity contribution in [3.05, 3.63) is 101 Å². The van der Waals surface area contributed by atoms with Crippen LogP contribution in [-0.2, 0) is 12.6 Å². The second-order valence-electron chi connectivity index (χ2n) is 10.6. The molecule has 1 aliphatic heterocycles. The molecule has 224 valence electrons. The zero-order valence-corrected chi connectivity index (χ0v) is 24.1. The van der Waals surface area contributed by atoms with Gasteiger partial charge in [0.15, 0.2) is 0 Å². The third-order valence-corrected chi connectivity index (χ3v) is 7.48. The van der Waals surface area contributed by atoms with Gasteiger partial charge in [0.1, 0.15) is 18.7 Å². The molecule has 2 aromatic carbocycles. The fourth-order valence-corrected chi connectivity index (χ4v) is 4.93. The Hall–Kier alpha value is -4.35. The summed E-state index contributed by atoms with van der Waals surface area (Å²) < 4.78 is 46.9. The van der Waals surface area contributed by atoms with E-state index in [9.17, 15) is 18.0 Å². The van der Waals surface area contributed by atoms with E-state index in [4.69, 9.17) is 4.74 Å². The van der Waals surface area contributed by atoms with E-state index in [0.29, 0.717) is 18.5 Å². The number of aryl methyl sites for hydroxylation is 1. The van der Waals surface area contributed by atoms with Crippen molar-refractivity contribution in [3.8, 4) is 17.0 Å². The average Bonchev–Trinajstić information content (AvgIpc) is 2.99. The van der Waals surface area contributed by atoms with Crippen LogP contribution >= 0.6 is 0 Å². The third-order valence-electron chi connectivity index (χ3n) is 7.48. The molecule has 1 saturated heterocycles. The Labute approximate surface area is 248 Å². The third kappa shape index (κ3) is 7.94. The van der Waals surface area contributed by atoms with Gasteiger partial charge in [0.2, 0.25) is 0 Å². The maximum absolute atomic E-state index is 13.7. The van der Waals surface area contributed by atoms with Crippen molar-refractivity contribution >= 4 is 11.6 Å². The molecule has 0 radical (unpaired) electrons. The Bertz CT molecular complexity index is 1560. The molecule has 0 unspecified atom stereocenters. The molecule has 5 rings (SSSR count). The molecule has 4 aromatic rings. The summed E-state index contributed by atoms with van der Waals surface area (Å²) in [5.41, 5.74) is 3.60. The molecule has 1 N–H and O–H groups in total. The van der Waals surface area contributed by atoms with Gasteiger partial charge in [-0.2, -0.15) is 13.2 Å². The number of benzene rings is 2. The SMILES string of the molecule is Cc1ccc(C(=O)Nc2cc(OCCN3CCN(C)CC3)cc(C(F)(F)F)c2)cc1Cc1ncccc1-c1ccncn1. The lowest BCUT2D eigenvalue weighted by molar-refractivity contribution is -0.137. The number of rotatable bonds is 9. The molecule has 1 amide bonds. The first-order valence-electron chi connectivity index (χ1n) is 14.0. The van der Waals surface area contributed by atoms with Crippen LogP contribution in [-0.4, -0.2) is 77.0 Å². The van der Waals surface area contributed by atoms with Gasteiger partial charge in [0, 0.05) is 74.4 Å².